The lowest BCUT2D eigenvalue weighted by Crippen LogP contribution is -2.41. The van der Waals surface area contributed by atoms with E-state index in [1.165, 1.54) is 32.8 Å². The number of methoxy groups -OCH3 is 1. The minimum absolute atomic E-state index is 0.143. The molecule has 2 rings (SSSR count). The van der Waals surface area contributed by atoms with Gasteiger partial charge in [-0.05, 0) is 31.6 Å². The molecule has 1 unspecified atom stereocenters. The largest absolute Gasteiger partial charge is 0.467 e. The predicted octanol–water partition coefficient (Wildman–Crippen LogP) is 1.73. The van der Waals surface area contributed by atoms with Crippen LogP contribution in [0.5, 0.6) is 0 Å². The van der Waals surface area contributed by atoms with Gasteiger partial charge in [-0.25, -0.2) is 4.79 Å². The molecule has 4 nitrogen and oxygen atoms in total. The molecule has 0 N–H and O–H groups in total. The van der Waals surface area contributed by atoms with Gasteiger partial charge in [-0.2, -0.15) is 0 Å². The average molecular weight is 239 g/mol. The van der Waals surface area contributed by atoms with Crippen molar-refractivity contribution in [2.75, 3.05) is 13.7 Å². The van der Waals surface area contributed by atoms with Gasteiger partial charge in [0.05, 0.1) is 7.11 Å². The zero-order valence-corrected chi connectivity index (χ0v) is 10.5. The zero-order chi connectivity index (χ0) is 12.3. The Bertz CT molecular complexity index is 297. The van der Waals surface area contributed by atoms with Gasteiger partial charge in [0.25, 0.3) is 0 Å². The molecule has 0 aromatic rings. The van der Waals surface area contributed by atoms with Crippen LogP contribution in [-0.4, -0.2) is 36.5 Å². The van der Waals surface area contributed by atoms with Crippen LogP contribution in [0.25, 0.3) is 0 Å². The van der Waals surface area contributed by atoms with E-state index < -0.39 is 0 Å². The Labute approximate surface area is 102 Å². The Kier molecular flexibility index (Phi) is 4.02. The number of esters is 1. The van der Waals surface area contributed by atoms with Gasteiger partial charge in [-0.3, -0.25) is 4.79 Å². The van der Waals surface area contributed by atoms with Crippen molar-refractivity contribution in [2.45, 2.75) is 51.0 Å². The smallest absolute Gasteiger partial charge is 0.328 e. The molecular formula is C13H21NO3. The number of ether oxygens (including phenoxy) is 1. The number of hydrogen-bond acceptors (Lipinski definition) is 3. The maximum absolute atomic E-state index is 12.2. The Morgan fingerprint density at radius 2 is 1.88 bits per heavy atom. The highest BCUT2D eigenvalue weighted by molar-refractivity contribution is 5.85. The summed E-state index contributed by atoms with van der Waals surface area (Å²) >= 11 is 0. The number of rotatable bonds is 3. The second-order valence-electron chi connectivity index (χ2n) is 5.12. The summed E-state index contributed by atoms with van der Waals surface area (Å²) in [6.45, 7) is 0.714. The molecule has 4 heteroatoms. The molecule has 17 heavy (non-hydrogen) atoms. The fraction of sp³-hybridized carbons (Fsp3) is 0.846. The number of likely N-dealkylation sites (tertiary alicyclic amines) is 1. The van der Waals surface area contributed by atoms with Crippen molar-refractivity contribution >= 4 is 11.9 Å². The standard InChI is InChI=1S/C13H21NO3/c1-17-13(16)11-7-4-8-14(11)12(15)9-10-5-2-3-6-10/h10-11H,2-9H2,1H3. The number of carbonyl (C=O) groups excluding carboxylic acids is 2. The summed E-state index contributed by atoms with van der Waals surface area (Å²) in [5.41, 5.74) is 0. The first-order chi connectivity index (χ1) is 8.22. The molecule has 0 radical (unpaired) electrons. The minimum Gasteiger partial charge on any atom is -0.467 e. The molecule has 1 heterocycles. The Hall–Kier alpha value is -1.06. The first-order valence-corrected chi connectivity index (χ1v) is 6.59. The van der Waals surface area contributed by atoms with Gasteiger partial charge in [0.1, 0.15) is 6.04 Å². The first kappa shape index (κ1) is 12.4. The molecular weight excluding hydrogens is 218 g/mol. The summed E-state index contributed by atoms with van der Waals surface area (Å²) in [6.07, 6.45) is 7.12. The molecule has 1 aliphatic heterocycles. The number of amides is 1. The highest BCUT2D eigenvalue weighted by Crippen LogP contribution is 2.29. The van der Waals surface area contributed by atoms with Crippen LogP contribution in [0.4, 0.5) is 0 Å². The molecule has 1 aliphatic carbocycles. The van der Waals surface area contributed by atoms with Crippen LogP contribution in [0.3, 0.4) is 0 Å². The van der Waals surface area contributed by atoms with Crippen LogP contribution in [0, 0.1) is 5.92 Å². The highest BCUT2D eigenvalue weighted by atomic mass is 16.5. The second kappa shape index (κ2) is 5.52. The third-order valence-electron chi connectivity index (χ3n) is 3.98. The van der Waals surface area contributed by atoms with Gasteiger partial charge in [0.2, 0.25) is 5.91 Å². The monoisotopic (exact) mass is 239 g/mol. The number of carbonyl (C=O) groups is 2. The lowest BCUT2D eigenvalue weighted by molar-refractivity contribution is -0.151. The van der Waals surface area contributed by atoms with Crippen molar-refractivity contribution < 1.29 is 14.3 Å². The van der Waals surface area contributed by atoms with Crippen LogP contribution in [0.15, 0.2) is 0 Å². The van der Waals surface area contributed by atoms with Crippen LogP contribution >= 0.6 is 0 Å². The summed E-state index contributed by atoms with van der Waals surface area (Å²) < 4.78 is 4.75. The van der Waals surface area contributed by atoms with Gasteiger partial charge in [0, 0.05) is 13.0 Å². The molecule has 0 spiro atoms. The molecule has 1 atom stereocenters. The van der Waals surface area contributed by atoms with E-state index >= 15 is 0 Å². The van der Waals surface area contributed by atoms with Gasteiger partial charge in [-0.15, -0.1) is 0 Å². The van der Waals surface area contributed by atoms with E-state index in [0.29, 0.717) is 18.9 Å². The maximum Gasteiger partial charge on any atom is 0.328 e. The van der Waals surface area contributed by atoms with Crippen molar-refractivity contribution in [2.24, 2.45) is 5.92 Å². The van der Waals surface area contributed by atoms with E-state index in [1.54, 1.807) is 4.90 Å². The molecule has 2 aliphatic rings. The van der Waals surface area contributed by atoms with E-state index in [4.69, 9.17) is 4.74 Å². The topological polar surface area (TPSA) is 46.6 Å². The van der Waals surface area contributed by atoms with E-state index in [2.05, 4.69) is 0 Å². The lowest BCUT2D eigenvalue weighted by Gasteiger charge is -2.24. The molecule has 1 saturated carbocycles. The molecule has 0 aromatic carbocycles. The molecule has 1 amide bonds. The summed E-state index contributed by atoms with van der Waals surface area (Å²) in [5.74, 6) is 0.425. The highest BCUT2D eigenvalue weighted by Gasteiger charge is 2.35. The average Bonchev–Trinajstić information content (AvgIpc) is 2.97. The Balaban J connectivity index is 1.90. The van der Waals surface area contributed by atoms with Crippen molar-refractivity contribution in [3.8, 4) is 0 Å². The van der Waals surface area contributed by atoms with Crippen LogP contribution < -0.4 is 0 Å². The van der Waals surface area contributed by atoms with Crippen molar-refractivity contribution in [3.63, 3.8) is 0 Å². The summed E-state index contributed by atoms with van der Waals surface area (Å²) in [5, 5.41) is 0. The zero-order valence-electron chi connectivity index (χ0n) is 10.5. The third-order valence-corrected chi connectivity index (χ3v) is 3.98. The first-order valence-electron chi connectivity index (χ1n) is 6.59. The molecule has 2 fully saturated rings. The molecule has 96 valence electrons. The van der Waals surface area contributed by atoms with E-state index in [-0.39, 0.29) is 17.9 Å². The Morgan fingerprint density at radius 3 is 2.53 bits per heavy atom. The molecule has 0 aromatic heterocycles. The summed E-state index contributed by atoms with van der Waals surface area (Å²) in [7, 11) is 1.39. The van der Waals surface area contributed by atoms with Gasteiger partial charge >= 0.3 is 5.97 Å². The SMILES string of the molecule is COC(=O)C1CCCN1C(=O)CC1CCCC1. The van der Waals surface area contributed by atoms with E-state index in [0.717, 1.165) is 12.8 Å². The number of nitrogens with zero attached hydrogens (tertiary/aromatic N) is 1. The van der Waals surface area contributed by atoms with Crippen LogP contribution in [-0.2, 0) is 14.3 Å². The molecule has 1 saturated heterocycles. The van der Waals surface area contributed by atoms with E-state index in [1.807, 2.05) is 0 Å². The van der Waals surface area contributed by atoms with Crippen molar-refractivity contribution in [1.82, 2.24) is 4.90 Å². The quantitative estimate of drug-likeness (QED) is 0.705. The normalized spacial score (nSPS) is 25.2. The third kappa shape index (κ3) is 2.79. The van der Waals surface area contributed by atoms with Gasteiger partial charge in [0.15, 0.2) is 0 Å². The second-order valence-corrected chi connectivity index (χ2v) is 5.12. The minimum atomic E-state index is -0.325. The van der Waals surface area contributed by atoms with Gasteiger partial charge < -0.3 is 9.64 Å². The summed E-state index contributed by atoms with van der Waals surface area (Å²) in [4.78, 5) is 25.4. The fourth-order valence-corrected chi connectivity index (χ4v) is 3.02. The number of hydrogen-bond donors (Lipinski definition) is 0. The van der Waals surface area contributed by atoms with Crippen LogP contribution in [0.2, 0.25) is 0 Å². The predicted molar refractivity (Wildman–Crippen MR) is 63.3 cm³/mol. The molecule has 0 bridgehead atoms. The Morgan fingerprint density at radius 1 is 1.18 bits per heavy atom. The maximum atomic E-state index is 12.2. The van der Waals surface area contributed by atoms with Gasteiger partial charge in [-0.1, -0.05) is 12.8 Å². The van der Waals surface area contributed by atoms with Crippen LogP contribution in [0.1, 0.15) is 44.9 Å². The fourth-order valence-electron chi connectivity index (χ4n) is 3.02. The van der Waals surface area contributed by atoms with Crippen molar-refractivity contribution in [3.05, 3.63) is 0 Å². The summed E-state index contributed by atoms with van der Waals surface area (Å²) in [6, 6.07) is -0.325. The lowest BCUT2D eigenvalue weighted by atomic mass is 10.0. The van der Waals surface area contributed by atoms with Crippen molar-refractivity contribution in [1.29, 1.82) is 0 Å². The van der Waals surface area contributed by atoms with E-state index in [9.17, 15) is 9.59 Å².